The monoisotopic (exact) mass is 212 g/mol. The highest BCUT2D eigenvalue weighted by atomic mass is 19.1. The number of benzene rings is 1. The van der Waals surface area contributed by atoms with Gasteiger partial charge < -0.3 is 5.73 Å². The van der Waals surface area contributed by atoms with Gasteiger partial charge in [0.15, 0.2) is 0 Å². The van der Waals surface area contributed by atoms with Gasteiger partial charge in [-0.25, -0.2) is 4.39 Å². The number of amides is 1. The van der Waals surface area contributed by atoms with Crippen LogP contribution in [-0.2, 0) is 11.2 Å². The number of hydrogen-bond acceptors (Lipinski definition) is 3. The van der Waals surface area contributed by atoms with Gasteiger partial charge in [0.05, 0.1) is 4.92 Å². The van der Waals surface area contributed by atoms with Gasteiger partial charge in [0.2, 0.25) is 5.91 Å². The van der Waals surface area contributed by atoms with Gasteiger partial charge in [-0.3, -0.25) is 14.9 Å². The molecule has 0 spiro atoms. The second kappa shape index (κ2) is 4.50. The van der Waals surface area contributed by atoms with Crippen LogP contribution >= 0.6 is 0 Å². The molecule has 0 saturated carbocycles. The van der Waals surface area contributed by atoms with Crippen LogP contribution in [0.2, 0.25) is 0 Å². The van der Waals surface area contributed by atoms with E-state index < -0.39 is 16.6 Å². The van der Waals surface area contributed by atoms with Crippen molar-refractivity contribution in [2.45, 2.75) is 12.8 Å². The van der Waals surface area contributed by atoms with Crippen molar-refractivity contribution >= 4 is 11.6 Å². The van der Waals surface area contributed by atoms with E-state index in [2.05, 4.69) is 0 Å². The molecule has 0 unspecified atom stereocenters. The number of carbonyl (C=O) groups is 1. The summed E-state index contributed by atoms with van der Waals surface area (Å²) in [5, 5.41) is 10.4. The van der Waals surface area contributed by atoms with E-state index in [1.807, 2.05) is 0 Å². The lowest BCUT2D eigenvalue weighted by Gasteiger charge is -2.00. The molecule has 0 saturated heterocycles. The van der Waals surface area contributed by atoms with Crippen LogP contribution in [0.3, 0.4) is 0 Å². The van der Waals surface area contributed by atoms with Crippen LogP contribution in [0.5, 0.6) is 0 Å². The molecule has 5 nitrogen and oxygen atoms in total. The summed E-state index contributed by atoms with van der Waals surface area (Å²) in [4.78, 5) is 20.2. The normalized spacial score (nSPS) is 9.93. The van der Waals surface area contributed by atoms with Crippen molar-refractivity contribution in [1.82, 2.24) is 0 Å². The minimum absolute atomic E-state index is 0.0297. The molecule has 0 atom stereocenters. The van der Waals surface area contributed by atoms with Crippen molar-refractivity contribution < 1.29 is 14.1 Å². The molecule has 0 aromatic heterocycles. The quantitative estimate of drug-likeness (QED) is 0.600. The standard InChI is InChI=1S/C9H9FN2O3/c10-8-3-2-7(12(14)15)5-6(8)1-4-9(11)13/h2-3,5H,1,4H2,(H2,11,13). The second-order valence-electron chi connectivity index (χ2n) is 3.00. The largest absolute Gasteiger partial charge is 0.370 e. The number of hydrogen-bond donors (Lipinski definition) is 1. The van der Waals surface area contributed by atoms with Crippen molar-refractivity contribution in [2.75, 3.05) is 0 Å². The molecule has 0 aliphatic heterocycles. The molecule has 80 valence electrons. The van der Waals surface area contributed by atoms with E-state index in [-0.39, 0.29) is 24.1 Å². The Labute approximate surface area is 84.8 Å². The number of nitro groups is 1. The van der Waals surface area contributed by atoms with E-state index in [0.717, 1.165) is 18.2 Å². The summed E-state index contributed by atoms with van der Waals surface area (Å²) in [7, 11) is 0. The van der Waals surface area contributed by atoms with E-state index in [1.165, 1.54) is 0 Å². The molecule has 0 aliphatic carbocycles. The smallest absolute Gasteiger partial charge is 0.269 e. The average Bonchev–Trinajstić information content (AvgIpc) is 2.16. The number of rotatable bonds is 4. The molecule has 2 N–H and O–H groups in total. The fraction of sp³-hybridized carbons (Fsp3) is 0.222. The third kappa shape index (κ3) is 3.01. The summed E-state index contributed by atoms with van der Waals surface area (Å²) in [5.41, 5.74) is 4.82. The topological polar surface area (TPSA) is 86.2 Å². The molecular formula is C9H9FN2O3. The molecular weight excluding hydrogens is 203 g/mol. The Balaban J connectivity index is 2.90. The highest BCUT2D eigenvalue weighted by molar-refractivity contribution is 5.74. The predicted octanol–water partition coefficient (Wildman–Crippen LogP) is 1.15. The Morgan fingerprint density at radius 2 is 2.20 bits per heavy atom. The summed E-state index contributed by atoms with van der Waals surface area (Å²) >= 11 is 0. The summed E-state index contributed by atoms with van der Waals surface area (Å²) in [5.74, 6) is -1.14. The van der Waals surface area contributed by atoms with Gasteiger partial charge >= 0.3 is 0 Å². The first-order valence-electron chi connectivity index (χ1n) is 4.22. The Morgan fingerprint density at radius 1 is 1.53 bits per heavy atom. The minimum Gasteiger partial charge on any atom is -0.370 e. The van der Waals surface area contributed by atoms with E-state index in [1.54, 1.807) is 0 Å². The minimum atomic E-state index is -0.618. The van der Waals surface area contributed by atoms with Crippen LogP contribution in [0, 0.1) is 15.9 Å². The van der Waals surface area contributed by atoms with Crippen molar-refractivity contribution in [3.8, 4) is 0 Å². The number of nitro benzene ring substituents is 1. The van der Waals surface area contributed by atoms with Crippen LogP contribution in [-0.4, -0.2) is 10.8 Å². The first-order valence-corrected chi connectivity index (χ1v) is 4.22. The molecule has 15 heavy (non-hydrogen) atoms. The van der Waals surface area contributed by atoms with Crippen molar-refractivity contribution in [1.29, 1.82) is 0 Å². The third-order valence-corrected chi connectivity index (χ3v) is 1.88. The highest BCUT2D eigenvalue weighted by Crippen LogP contribution is 2.17. The number of aryl methyl sites for hydroxylation is 1. The first kappa shape index (κ1) is 11.1. The molecule has 0 radical (unpaired) electrons. The van der Waals surface area contributed by atoms with Gasteiger partial charge in [0.25, 0.3) is 5.69 Å². The molecule has 1 aromatic rings. The SMILES string of the molecule is NC(=O)CCc1cc([N+](=O)[O-])ccc1F. The fourth-order valence-electron chi connectivity index (χ4n) is 1.12. The molecule has 0 heterocycles. The van der Waals surface area contributed by atoms with Gasteiger partial charge in [0.1, 0.15) is 5.82 Å². The average molecular weight is 212 g/mol. The molecule has 1 amide bonds. The summed E-state index contributed by atoms with van der Waals surface area (Å²) in [6.45, 7) is 0. The van der Waals surface area contributed by atoms with Crippen molar-refractivity contribution in [3.63, 3.8) is 0 Å². The van der Waals surface area contributed by atoms with Crippen LogP contribution in [0.15, 0.2) is 18.2 Å². The van der Waals surface area contributed by atoms with Crippen LogP contribution in [0.25, 0.3) is 0 Å². The van der Waals surface area contributed by atoms with E-state index in [0.29, 0.717) is 0 Å². The van der Waals surface area contributed by atoms with Crippen LogP contribution in [0.4, 0.5) is 10.1 Å². The second-order valence-corrected chi connectivity index (χ2v) is 3.00. The van der Waals surface area contributed by atoms with E-state index in [4.69, 9.17) is 5.73 Å². The Kier molecular flexibility index (Phi) is 3.33. The number of non-ortho nitro benzene ring substituents is 1. The zero-order chi connectivity index (χ0) is 11.4. The maximum atomic E-state index is 13.1. The Bertz CT molecular complexity index is 406. The Morgan fingerprint density at radius 3 is 2.73 bits per heavy atom. The lowest BCUT2D eigenvalue weighted by molar-refractivity contribution is -0.385. The van der Waals surface area contributed by atoms with Crippen LogP contribution in [0.1, 0.15) is 12.0 Å². The zero-order valence-corrected chi connectivity index (χ0v) is 7.77. The molecule has 0 fully saturated rings. The lowest BCUT2D eigenvalue weighted by atomic mass is 10.1. The number of nitrogens with two attached hydrogens (primary N) is 1. The number of carbonyl (C=O) groups excluding carboxylic acids is 1. The van der Waals surface area contributed by atoms with Gasteiger partial charge in [-0.2, -0.15) is 0 Å². The summed E-state index contributed by atoms with van der Waals surface area (Å²) < 4.78 is 13.1. The molecule has 6 heteroatoms. The Hall–Kier alpha value is -1.98. The highest BCUT2D eigenvalue weighted by Gasteiger charge is 2.11. The van der Waals surface area contributed by atoms with E-state index in [9.17, 15) is 19.3 Å². The van der Waals surface area contributed by atoms with Gasteiger partial charge in [-0.05, 0) is 18.1 Å². The number of primary amides is 1. The van der Waals surface area contributed by atoms with Crippen molar-refractivity contribution in [2.24, 2.45) is 5.73 Å². The molecule has 0 bridgehead atoms. The van der Waals surface area contributed by atoms with Gasteiger partial charge in [0, 0.05) is 18.6 Å². The maximum Gasteiger partial charge on any atom is 0.269 e. The van der Waals surface area contributed by atoms with E-state index >= 15 is 0 Å². The molecule has 1 aromatic carbocycles. The summed E-state index contributed by atoms with van der Waals surface area (Å²) in [6.07, 6.45) is 0.0426. The first-order chi connectivity index (χ1) is 7.00. The number of halogens is 1. The third-order valence-electron chi connectivity index (χ3n) is 1.88. The maximum absolute atomic E-state index is 13.1. The fourth-order valence-corrected chi connectivity index (χ4v) is 1.12. The lowest BCUT2D eigenvalue weighted by Crippen LogP contribution is -2.11. The number of nitrogens with zero attached hydrogens (tertiary/aromatic N) is 1. The van der Waals surface area contributed by atoms with Crippen molar-refractivity contribution in [3.05, 3.63) is 39.7 Å². The molecule has 0 aliphatic rings. The van der Waals surface area contributed by atoms with Gasteiger partial charge in [-0.1, -0.05) is 0 Å². The summed E-state index contributed by atoms with van der Waals surface area (Å²) in [6, 6.07) is 3.19. The van der Waals surface area contributed by atoms with Gasteiger partial charge in [-0.15, -0.1) is 0 Å². The molecule has 1 rings (SSSR count). The van der Waals surface area contributed by atoms with Crippen LogP contribution < -0.4 is 5.73 Å². The zero-order valence-electron chi connectivity index (χ0n) is 7.77. The predicted molar refractivity (Wildman–Crippen MR) is 50.6 cm³/mol.